The number of nitrogens with zero attached hydrogens (tertiary/aromatic N) is 3. The van der Waals surface area contributed by atoms with Crippen molar-refractivity contribution in [1.29, 1.82) is 0 Å². The molecule has 1 saturated heterocycles. The fraction of sp³-hybridized carbons (Fsp3) is 0.625. The molecule has 9 nitrogen and oxygen atoms in total. The van der Waals surface area contributed by atoms with Gasteiger partial charge in [-0.25, -0.2) is 5.48 Å². The first kappa shape index (κ1) is 25.1. The largest absolute Gasteiger partial charge is 0.494 e. The van der Waals surface area contributed by atoms with Gasteiger partial charge in [0.2, 0.25) is 5.91 Å². The lowest BCUT2D eigenvalue weighted by Crippen LogP contribution is -2.55. The molecule has 9 heteroatoms. The topological polar surface area (TPSA) is 115 Å². The number of amides is 2. The van der Waals surface area contributed by atoms with Crippen LogP contribution in [0.2, 0.25) is 0 Å². The monoisotopic (exact) mass is 460 g/mol. The van der Waals surface area contributed by atoms with Gasteiger partial charge in [0.15, 0.2) is 0 Å². The highest BCUT2D eigenvalue weighted by Gasteiger charge is 2.36. The quantitative estimate of drug-likeness (QED) is 0.358. The maximum atomic E-state index is 13.3. The number of ether oxygens (including phenoxy) is 1. The SMILES string of the molecule is CCOc1ccc(CCC[C@@H](C(=O)N2CCN(C3CC=NCC3)CC2)[C@H](O)C(=O)NO)cc1. The fourth-order valence-corrected chi connectivity index (χ4v) is 4.61. The molecule has 2 aliphatic heterocycles. The van der Waals surface area contributed by atoms with E-state index in [4.69, 9.17) is 9.94 Å². The normalized spacial score (nSPS) is 20.8. The first-order chi connectivity index (χ1) is 16.0. The van der Waals surface area contributed by atoms with Gasteiger partial charge in [-0.1, -0.05) is 12.1 Å². The van der Waals surface area contributed by atoms with Crippen molar-refractivity contribution in [1.82, 2.24) is 15.3 Å². The molecule has 0 spiro atoms. The second-order valence-electron chi connectivity index (χ2n) is 8.62. The number of rotatable bonds is 10. The number of carbonyl (C=O) groups excluding carboxylic acids is 2. The van der Waals surface area contributed by atoms with Crippen LogP contribution in [0, 0.1) is 5.92 Å². The highest BCUT2D eigenvalue weighted by Crippen LogP contribution is 2.22. The molecule has 3 N–H and O–H groups in total. The van der Waals surface area contributed by atoms with Gasteiger partial charge in [0, 0.05) is 45.0 Å². The lowest BCUT2D eigenvalue weighted by atomic mass is 9.92. The highest BCUT2D eigenvalue weighted by molar-refractivity contribution is 5.88. The summed E-state index contributed by atoms with van der Waals surface area (Å²) < 4.78 is 5.46. The summed E-state index contributed by atoms with van der Waals surface area (Å²) in [6.07, 6.45) is 4.05. The zero-order valence-corrected chi connectivity index (χ0v) is 19.4. The molecule has 1 aromatic carbocycles. The third-order valence-electron chi connectivity index (χ3n) is 6.53. The van der Waals surface area contributed by atoms with Gasteiger partial charge in [-0.15, -0.1) is 0 Å². The zero-order valence-electron chi connectivity index (χ0n) is 19.4. The van der Waals surface area contributed by atoms with Gasteiger partial charge < -0.3 is 14.7 Å². The molecule has 0 aromatic heterocycles. The van der Waals surface area contributed by atoms with E-state index in [9.17, 15) is 14.7 Å². The molecular formula is C24H36N4O5. The number of aliphatic hydroxyl groups is 1. The Hall–Kier alpha value is -2.49. The number of hydrogen-bond acceptors (Lipinski definition) is 7. The van der Waals surface area contributed by atoms with Crippen LogP contribution in [0.5, 0.6) is 5.75 Å². The van der Waals surface area contributed by atoms with Crippen molar-refractivity contribution >= 4 is 18.0 Å². The Morgan fingerprint density at radius 2 is 1.94 bits per heavy atom. The van der Waals surface area contributed by atoms with E-state index < -0.39 is 17.9 Å². The zero-order chi connectivity index (χ0) is 23.6. The van der Waals surface area contributed by atoms with Crippen LogP contribution in [0.4, 0.5) is 0 Å². The summed E-state index contributed by atoms with van der Waals surface area (Å²) in [5, 5.41) is 19.5. The Balaban J connectivity index is 1.56. The summed E-state index contributed by atoms with van der Waals surface area (Å²) in [5.41, 5.74) is 2.58. The molecule has 2 heterocycles. The summed E-state index contributed by atoms with van der Waals surface area (Å²) in [4.78, 5) is 33.6. The Labute approximate surface area is 195 Å². The smallest absolute Gasteiger partial charge is 0.272 e. The number of aliphatic hydroxyl groups excluding tert-OH is 1. The van der Waals surface area contributed by atoms with E-state index in [1.807, 2.05) is 37.4 Å². The fourth-order valence-electron chi connectivity index (χ4n) is 4.61. The van der Waals surface area contributed by atoms with Crippen LogP contribution < -0.4 is 10.2 Å². The molecule has 3 rings (SSSR count). The second-order valence-corrected chi connectivity index (χ2v) is 8.62. The van der Waals surface area contributed by atoms with Crippen molar-refractivity contribution in [2.24, 2.45) is 10.9 Å². The summed E-state index contributed by atoms with van der Waals surface area (Å²) >= 11 is 0. The highest BCUT2D eigenvalue weighted by atomic mass is 16.5. The molecule has 1 fully saturated rings. The Morgan fingerprint density at radius 1 is 1.21 bits per heavy atom. The van der Waals surface area contributed by atoms with Crippen molar-refractivity contribution in [2.75, 3.05) is 39.3 Å². The van der Waals surface area contributed by atoms with Crippen molar-refractivity contribution in [2.45, 2.75) is 51.2 Å². The predicted octanol–water partition coefficient (Wildman–Crippen LogP) is 1.27. The second kappa shape index (κ2) is 12.7. The molecule has 182 valence electrons. The standard InChI is InChI=1S/C24H36N4O5/c1-2-33-20-8-6-18(7-9-20)4-3-5-21(22(29)23(30)26-32)24(31)28-16-14-27(15-17-28)19-10-12-25-13-11-19/h6-9,12,19,21-22,29,32H,2-5,10-11,13-17H2,1H3,(H,26,30)/t19?,21-,22+/m1/s1. The van der Waals surface area contributed by atoms with Crippen molar-refractivity contribution < 1.29 is 24.6 Å². The number of piperazine rings is 1. The summed E-state index contributed by atoms with van der Waals surface area (Å²) in [5.74, 6) is -1.27. The van der Waals surface area contributed by atoms with E-state index in [-0.39, 0.29) is 5.91 Å². The summed E-state index contributed by atoms with van der Waals surface area (Å²) in [6, 6.07) is 8.25. The third kappa shape index (κ3) is 6.99. The lowest BCUT2D eigenvalue weighted by molar-refractivity contribution is -0.151. The minimum Gasteiger partial charge on any atom is -0.494 e. The van der Waals surface area contributed by atoms with Crippen LogP contribution in [0.15, 0.2) is 29.3 Å². The predicted molar refractivity (Wildman–Crippen MR) is 125 cm³/mol. The molecular weight excluding hydrogens is 424 g/mol. The Bertz CT molecular complexity index is 793. The molecule has 33 heavy (non-hydrogen) atoms. The Morgan fingerprint density at radius 3 is 2.55 bits per heavy atom. The van der Waals surface area contributed by atoms with E-state index >= 15 is 0 Å². The van der Waals surface area contributed by atoms with Crippen LogP contribution in [0.25, 0.3) is 0 Å². The van der Waals surface area contributed by atoms with Gasteiger partial charge in [0.25, 0.3) is 5.91 Å². The van der Waals surface area contributed by atoms with Crippen LogP contribution >= 0.6 is 0 Å². The third-order valence-corrected chi connectivity index (χ3v) is 6.53. The molecule has 1 aromatic rings. The number of nitrogens with one attached hydrogen (secondary N) is 1. The van der Waals surface area contributed by atoms with E-state index in [1.54, 1.807) is 4.90 Å². The number of benzene rings is 1. The molecule has 3 atom stereocenters. The minimum absolute atomic E-state index is 0.234. The first-order valence-electron chi connectivity index (χ1n) is 11.9. The van der Waals surface area contributed by atoms with Crippen LogP contribution in [0.1, 0.15) is 38.2 Å². The Kier molecular flexibility index (Phi) is 9.65. The van der Waals surface area contributed by atoms with E-state index in [0.29, 0.717) is 45.0 Å². The average Bonchev–Trinajstić information content (AvgIpc) is 2.87. The lowest BCUT2D eigenvalue weighted by Gasteiger charge is -2.41. The molecule has 1 unspecified atom stereocenters. The molecule has 2 amide bonds. The van der Waals surface area contributed by atoms with Crippen LogP contribution in [0.3, 0.4) is 0 Å². The molecule has 2 aliphatic rings. The first-order valence-corrected chi connectivity index (χ1v) is 11.9. The minimum atomic E-state index is -1.59. The number of carbonyl (C=O) groups is 2. The average molecular weight is 461 g/mol. The van der Waals surface area contributed by atoms with Gasteiger partial charge in [-0.05, 0) is 56.7 Å². The molecule has 0 radical (unpaired) electrons. The van der Waals surface area contributed by atoms with E-state index in [1.165, 1.54) is 5.48 Å². The van der Waals surface area contributed by atoms with Crippen molar-refractivity contribution in [3.63, 3.8) is 0 Å². The maximum absolute atomic E-state index is 13.3. The van der Waals surface area contributed by atoms with Gasteiger partial charge in [0.05, 0.1) is 12.5 Å². The van der Waals surface area contributed by atoms with Crippen molar-refractivity contribution in [3.8, 4) is 5.75 Å². The van der Waals surface area contributed by atoms with Gasteiger partial charge in [-0.3, -0.25) is 24.7 Å². The van der Waals surface area contributed by atoms with Crippen molar-refractivity contribution in [3.05, 3.63) is 29.8 Å². The van der Waals surface area contributed by atoms with Crippen LogP contribution in [-0.2, 0) is 16.0 Å². The summed E-state index contributed by atoms with van der Waals surface area (Å²) in [7, 11) is 0. The van der Waals surface area contributed by atoms with Gasteiger partial charge >= 0.3 is 0 Å². The van der Waals surface area contributed by atoms with Crippen LogP contribution in [-0.4, -0.2) is 89.6 Å². The number of aliphatic imine (C=N–C) groups is 1. The molecule has 0 aliphatic carbocycles. The molecule has 0 bridgehead atoms. The maximum Gasteiger partial charge on any atom is 0.272 e. The van der Waals surface area contributed by atoms with E-state index in [0.717, 1.165) is 43.8 Å². The molecule has 0 saturated carbocycles. The number of hydroxylamine groups is 1. The summed E-state index contributed by atoms with van der Waals surface area (Å²) in [6.45, 7) is 6.06. The van der Waals surface area contributed by atoms with E-state index in [2.05, 4.69) is 9.89 Å². The number of hydrogen-bond donors (Lipinski definition) is 3. The van der Waals surface area contributed by atoms with Gasteiger partial charge in [0.1, 0.15) is 11.9 Å². The number of aryl methyl sites for hydroxylation is 1. The van der Waals surface area contributed by atoms with Gasteiger partial charge in [-0.2, -0.15) is 0 Å².